The first-order valence-electron chi connectivity index (χ1n) is 24.8. The SMILES string of the molecule is Cc1cc(C2=Cc3c(ccc(C)c3-c3cc(C(C)(C)C)cc(C(C)(C)C)c3)[CH]2[Zr]([Cl])([Cl])([CH]2C(c3cc(C)c(C)o3)=Cc3c2ccc(C)c3-c2cc(C(C)(C)C)cc(C(C)(C)C)c2)=[Si](C)C)oc1C. The van der Waals surface area contributed by atoms with E-state index in [1.54, 1.807) is 0 Å². The summed E-state index contributed by atoms with van der Waals surface area (Å²) in [5, 5.41) is 0. The second-order valence-electron chi connectivity index (χ2n) is 25.0. The fourth-order valence-corrected chi connectivity index (χ4v) is 38.6. The van der Waals surface area contributed by atoms with Crippen molar-refractivity contribution in [3.8, 4) is 22.3 Å². The number of allylic oxidation sites excluding steroid dienone is 2. The quantitative estimate of drug-likeness (QED) is 0.155. The van der Waals surface area contributed by atoms with Crippen LogP contribution in [0.2, 0.25) is 13.1 Å². The van der Waals surface area contributed by atoms with Crippen LogP contribution in [0.5, 0.6) is 0 Å². The summed E-state index contributed by atoms with van der Waals surface area (Å²) in [6.45, 7) is 45.6. The molecule has 358 valence electrons. The molecular formula is C62H76Cl2O2SiZr. The molecule has 0 spiro atoms. The first kappa shape index (κ1) is 51.0. The Kier molecular flexibility index (Phi) is 12.6. The van der Waals surface area contributed by atoms with E-state index in [1.165, 1.54) is 77.9 Å². The fourth-order valence-electron chi connectivity index (χ4n) is 10.9. The third-order valence-electron chi connectivity index (χ3n) is 15.6. The molecule has 0 saturated heterocycles. The van der Waals surface area contributed by atoms with Crippen LogP contribution in [0.25, 0.3) is 45.6 Å². The Bertz CT molecular complexity index is 2890. The maximum atomic E-state index is 9.25. The van der Waals surface area contributed by atoms with Crippen LogP contribution in [0.3, 0.4) is 0 Å². The first-order chi connectivity index (χ1) is 31.2. The van der Waals surface area contributed by atoms with Gasteiger partial charge in [-0.15, -0.1) is 0 Å². The van der Waals surface area contributed by atoms with Crippen LogP contribution in [0.4, 0.5) is 0 Å². The summed E-state index contributed by atoms with van der Waals surface area (Å²) in [6.07, 6.45) is 4.85. The maximum absolute atomic E-state index is 9.25. The topological polar surface area (TPSA) is 26.3 Å². The molecule has 8 rings (SSSR count). The molecular weight excluding hydrogens is 967 g/mol. The molecule has 0 radical (unpaired) electrons. The van der Waals surface area contributed by atoms with Crippen LogP contribution in [0, 0.1) is 41.5 Å². The minimum absolute atomic E-state index is 0.0426. The summed E-state index contributed by atoms with van der Waals surface area (Å²) < 4.78 is 13.1. The molecule has 0 fully saturated rings. The van der Waals surface area contributed by atoms with Gasteiger partial charge in [-0.3, -0.25) is 0 Å². The second kappa shape index (κ2) is 16.9. The van der Waals surface area contributed by atoms with Crippen LogP contribution in [0.15, 0.2) is 81.6 Å². The van der Waals surface area contributed by atoms with Gasteiger partial charge in [-0.1, -0.05) is 0 Å². The van der Waals surface area contributed by atoms with E-state index in [-0.39, 0.29) is 28.9 Å². The monoisotopic (exact) mass is 1040 g/mol. The van der Waals surface area contributed by atoms with Crippen molar-refractivity contribution >= 4 is 45.8 Å². The zero-order valence-corrected chi connectivity index (χ0v) is 49.8. The number of benzene rings is 4. The number of halogens is 2. The zero-order chi connectivity index (χ0) is 50.2. The number of aryl methyl sites for hydroxylation is 6. The molecule has 68 heavy (non-hydrogen) atoms. The molecule has 2 aliphatic rings. The average Bonchev–Trinajstić information content (AvgIpc) is 3.99. The molecule has 6 heteroatoms. The summed E-state index contributed by atoms with van der Waals surface area (Å²) in [5.41, 5.74) is 20.4. The third kappa shape index (κ3) is 8.56. The van der Waals surface area contributed by atoms with E-state index < -0.39 is 20.4 Å². The van der Waals surface area contributed by atoms with Crippen molar-refractivity contribution in [2.75, 3.05) is 0 Å². The molecule has 2 unspecified atom stereocenters. The Hall–Kier alpha value is -3.40. The molecule has 0 saturated carbocycles. The van der Waals surface area contributed by atoms with Gasteiger partial charge in [-0.2, -0.15) is 0 Å². The van der Waals surface area contributed by atoms with Crippen LogP contribution >= 0.6 is 17.0 Å². The van der Waals surface area contributed by atoms with Crippen LogP contribution in [0.1, 0.15) is 180 Å². The van der Waals surface area contributed by atoms with Crippen LogP contribution < -0.4 is 0 Å². The van der Waals surface area contributed by atoms with Gasteiger partial charge in [-0.05, 0) is 0 Å². The number of rotatable bonds is 6. The standard InChI is InChI=1S/2C30H35O.C2H6Si.2ClH.Zr/c2*1-18-10-11-21-13-22(27-12-19(2)20(3)31-27)16-26(21)28(18)23-14-24(29(4,5)6)17-25(15-23)30(7,8)9;1-3-2;;;/h2*10-17H,1-9H3;1-2H3;2*1H;/q;;;;;+2/p-2. The molecule has 2 aliphatic carbocycles. The van der Waals surface area contributed by atoms with Crippen LogP contribution in [-0.2, 0) is 36.7 Å². The molecule has 0 N–H and O–H groups in total. The normalized spacial score (nSPS) is 16.8. The molecule has 2 heterocycles. The Morgan fingerprint density at radius 2 is 0.750 bits per heavy atom. The number of fused-ring (bicyclic) bond motifs is 2. The van der Waals surface area contributed by atoms with Gasteiger partial charge < -0.3 is 0 Å². The van der Waals surface area contributed by atoms with Gasteiger partial charge in [0, 0.05) is 0 Å². The van der Waals surface area contributed by atoms with E-state index in [0.29, 0.717) is 0 Å². The molecule has 2 nitrogen and oxygen atoms in total. The summed E-state index contributed by atoms with van der Waals surface area (Å²) in [4.78, 5) is 0. The molecule has 6 aromatic rings. The Morgan fingerprint density at radius 3 is 1.00 bits per heavy atom. The molecule has 0 bridgehead atoms. The average molecular weight is 1040 g/mol. The van der Waals surface area contributed by atoms with Crippen molar-refractivity contribution in [3.63, 3.8) is 0 Å². The molecule has 2 atom stereocenters. The summed E-state index contributed by atoms with van der Waals surface area (Å²) >= 11 is -5.57. The molecule has 2 aromatic heterocycles. The van der Waals surface area contributed by atoms with Gasteiger partial charge in [0.1, 0.15) is 0 Å². The van der Waals surface area contributed by atoms with Gasteiger partial charge in [0.15, 0.2) is 0 Å². The summed E-state index contributed by atoms with van der Waals surface area (Å²) in [7, 11) is 18.5. The number of hydrogen-bond donors (Lipinski definition) is 0. The number of hydrogen-bond acceptors (Lipinski definition) is 2. The Morgan fingerprint density at radius 1 is 0.441 bits per heavy atom. The molecule has 4 aromatic carbocycles. The number of furan rings is 2. The third-order valence-corrected chi connectivity index (χ3v) is 61.9. The van der Waals surface area contributed by atoms with Gasteiger partial charge in [0.05, 0.1) is 0 Å². The predicted octanol–water partition coefficient (Wildman–Crippen LogP) is 19.4. The van der Waals surface area contributed by atoms with E-state index in [1.807, 2.05) is 0 Å². The van der Waals surface area contributed by atoms with E-state index in [4.69, 9.17) is 8.83 Å². The van der Waals surface area contributed by atoms with Crippen molar-refractivity contribution in [1.29, 1.82) is 0 Å². The second-order valence-corrected chi connectivity index (χ2v) is 63.8. The predicted molar refractivity (Wildman–Crippen MR) is 295 cm³/mol. The Labute approximate surface area is 417 Å². The van der Waals surface area contributed by atoms with Gasteiger partial charge in [0.2, 0.25) is 0 Å². The van der Waals surface area contributed by atoms with Crippen molar-refractivity contribution < 1.29 is 23.8 Å². The van der Waals surface area contributed by atoms with Crippen molar-refractivity contribution in [3.05, 3.63) is 163 Å². The van der Waals surface area contributed by atoms with E-state index in [9.17, 15) is 17.0 Å². The molecule has 0 aliphatic heterocycles. The van der Waals surface area contributed by atoms with Crippen molar-refractivity contribution in [2.45, 2.75) is 167 Å². The summed E-state index contributed by atoms with van der Waals surface area (Å²) in [5.74, 6) is 3.55. The van der Waals surface area contributed by atoms with Crippen molar-refractivity contribution in [2.24, 2.45) is 0 Å². The van der Waals surface area contributed by atoms with E-state index in [0.717, 1.165) is 45.3 Å². The van der Waals surface area contributed by atoms with E-state index in [2.05, 4.69) is 223 Å². The van der Waals surface area contributed by atoms with Crippen LogP contribution in [-0.4, -0.2) is 5.43 Å². The van der Waals surface area contributed by atoms with Crippen molar-refractivity contribution in [1.82, 2.24) is 0 Å². The zero-order valence-electron chi connectivity index (χ0n) is 44.8. The summed E-state index contributed by atoms with van der Waals surface area (Å²) in [6, 6.07) is 28.4. The van der Waals surface area contributed by atoms with Gasteiger partial charge in [-0.25, -0.2) is 0 Å². The molecule has 0 amide bonds. The Balaban J connectivity index is 1.49. The minimum atomic E-state index is -5.57. The van der Waals surface area contributed by atoms with Gasteiger partial charge >= 0.3 is 421 Å². The van der Waals surface area contributed by atoms with E-state index >= 15 is 0 Å². The fraction of sp³-hybridized carbons (Fsp3) is 0.419. The van der Waals surface area contributed by atoms with Gasteiger partial charge in [0.25, 0.3) is 0 Å². The first-order valence-corrected chi connectivity index (χ1v) is 40.1.